The number of aryl methyl sites for hydroxylation is 1. The molecule has 2 aromatic carbocycles. The lowest BCUT2D eigenvalue weighted by Crippen LogP contribution is -2.34. The third-order valence-corrected chi connectivity index (χ3v) is 7.70. The van der Waals surface area contributed by atoms with Crippen LogP contribution in [-0.4, -0.2) is 34.6 Å². The lowest BCUT2D eigenvalue weighted by Gasteiger charge is -2.18. The van der Waals surface area contributed by atoms with Gasteiger partial charge in [-0.15, -0.1) is 11.3 Å². The molecule has 30 heavy (non-hydrogen) atoms. The fraction of sp³-hybridized carbons (Fsp3) is 0.227. The number of nitrogens with one attached hydrogen (secondary N) is 1. The third kappa shape index (κ3) is 5.40. The fourth-order valence-corrected chi connectivity index (χ4v) is 5.66. The maximum Gasteiger partial charge on any atom is 0.257 e. The molecule has 0 unspecified atom stereocenters. The summed E-state index contributed by atoms with van der Waals surface area (Å²) in [5, 5.41) is 3.61. The van der Waals surface area contributed by atoms with Crippen LogP contribution in [0.1, 0.15) is 15.7 Å². The first kappa shape index (κ1) is 21.9. The molecule has 6 nitrogen and oxygen atoms in total. The molecule has 1 aromatic heterocycles. The van der Waals surface area contributed by atoms with Gasteiger partial charge in [-0.05, 0) is 60.3 Å². The minimum absolute atomic E-state index is 0.0507. The molecule has 0 saturated carbocycles. The molecular weight excluding hydrogens is 422 g/mol. The van der Waals surface area contributed by atoms with Crippen molar-refractivity contribution in [2.45, 2.75) is 17.1 Å². The summed E-state index contributed by atoms with van der Waals surface area (Å²) in [6.45, 7) is 1.69. The van der Waals surface area contributed by atoms with Crippen molar-refractivity contribution in [2.24, 2.45) is 0 Å². The molecule has 3 rings (SSSR count). The van der Waals surface area contributed by atoms with Crippen molar-refractivity contribution in [2.75, 3.05) is 20.3 Å². The highest BCUT2D eigenvalue weighted by atomic mass is 32.2. The molecule has 1 heterocycles. The molecule has 0 saturated heterocycles. The van der Waals surface area contributed by atoms with Gasteiger partial charge in [-0.25, -0.2) is 8.42 Å². The van der Waals surface area contributed by atoms with Crippen LogP contribution in [0.2, 0.25) is 0 Å². The maximum absolute atomic E-state index is 13.2. The zero-order chi connectivity index (χ0) is 21.6. The predicted molar refractivity (Wildman–Crippen MR) is 117 cm³/mol. The predicted octanol–water partition coefficient (Wildman–Crippen LogP) is 3.78. The van der Waals surface area contributed by atoms with Crippen molar-refractivity contribution < 1.29 is 22.7 Å². The van der Waals surface area contributed by atoms with Crippen molar-refractivity contribution in [3.63, 3.8) is 0 Å². The van der Waals surface area contributed by atoms with Crippen molar-refractivity contribution in [3.05, 3.63) is 76.5 Å². The van der Waals surface area contributed by atoms with E-state index in [1.54, 1.807) is 30.3 Å². The van der Waals surface area contributed by atoms with Crippen LogP contribution in [0.5, 0.6) is 11.5 Å². The molecular formula is C22H23NO5S2. The van der Waals surface area contributed by atoms with Gasteiger partial charge in [-0.1, -0.05) is 18.2 Å². The van der Waals surface area contributed by atoms with Gasteiger partial charge in [-0.3, -0.25) is 4.79 Å². The number of hydrogen-bond donors (Lipinski definition) is 1. The number of carbonyl (C=O) groups excluding carboxylic acids is 1. The van der Waals surface area contributed by atoms with E-state index in [0.29, 0.717) is 16.4 Å². The van der Waals surface area contributed by atoms with Crippen molar-refractivity contribution in [3.8, 4) is 11.5 Å². The Labute approximate surface area is 180 Å². The number of carbonyl (C=O) groups is 1. The Morgan fingerprint density at radius 1 is 1.07 bits per heavy atom. The monoisotopic (exact) mass is 445 g/mol. The van der Waals surface area contributed by atoms with Gasteiger partial charge >= 0.3 is 0 Å². The summed E-state index contributed by atoms with van der Waals surface area (Å²) < 4.78 is 37.1. The summed E-state index contributed by atoms with van der Waals surface area (Å²) in [6.07, 6.45) is 0. The first-order valence-electron chi connectivity index (χ1n) is 9.27. The van der Waals surface area contributed by atoms with Gasteiger partial charge < -0.3 is 14.8 Å². The molecule has 0 spiro atoms. The molecule has 0 radical (unpaired) electrons. The van der Waals surface area contributed by atoms with E-state index >= 15 is 0 Å². The number of benzene rings is 2. The van der Waals surface area contributed by atoms with Crippen molar-refractivity contribution in [1.82, 2.24) is 5.32 Å². The summed E-state index contributed by atoms with van der Waals surface area (Å²) in [7, 11) is -2.20. The SMILES string of the molecule is COc1ccc(S(=O)(=O)[C@H](CNC(=O)COc2cccc(C)c2)c2cccs2)cc1. The normalized spacial score (nSPS) is 12.2. The lowest BCUT2D eigenvalue weighted by atomic mass is 10.2. The quantitative estimate of drug-likeness (QED) is 0.542. The van der Waals surface area contributed by atoms with E-state index in [4.69, 9.17) is 9.47 Å². The minimum atomic E-state index is -3.72. The van der Waals surface area contributed by atoms with E-state index in [1.807, 2.05) is 30.5 Å². The van der Waals surface area contributed by atoms with Gasteiger partial charge in [0.1, 0.15) is 16.7 Å². The van der Waals surface area contributed by atoms with Crippen molar-refractivity contribution in [1.29, 1.82) is 0 Å². The summed E-state index contributed by atoms with van der Waals surface area (Å²) in [4.78, 5) is 13.1. The lowest BCUT2D eigenvalue weighted by molar-refractivity contribution is -0.123. The van der Waals surface area contributed by atoms with Gasteiger partial charge in [0.25, 0.3) is 5.91 Å². The number of thiophene rings is 1. The number of rotatable bonds is 9. The standard InChI is InChI=1S/C22H23NO5S2/c1-16-5-3-6-18(13-16)28-15-22(24)23-14-21(20-7-4-12-29-20)30(25,26)19-10-8-17(27-2)9-11-19/h3-13,21H,14-15H2,1-2H3,(H,23,24)/t21-/m1/s1. The first-order valence-corrected chi connectivity index (χ1v) is 11.7. The molecule has 158 valence electrons. The van der Waals surface area contributed by atoms with Gasteiger partial charge in [0, 0.05) is 11.4 Å². The fourth-order valence-electron chi connectivity index (χ4n) is 2.88. The Balaban J connectivity index is 1.70. The van der Waals surface area contributed by atoms with E-state index in [-0.39, 0.29) is 24.0 Å². The summed E-state index contributed by atoms with van der Waals surface area (Å²) in [5.74, 6) is 0.775. The maximum atomic E-state index is 13.2. The summed E-state index contributed by atoms with van der Waals surface area (Å²) >= 11 is 1.34. The molecule has 1 atom stereocenters. The van der Waals surface area contributed by atoms with Crippen LogP contribution in [0.25, 0.3) is 0 Å². The Bertz CT molecular complexity index is 1080. The van der Waals surface area contributed by atoms with Gasteiger partial charge in [0.15, 0.2) is 16.4 Å². The molecule has 0 aliphatic heterocycles. The molecule has 0 fully saturated rings. The number of sulfone groups is 1. The second-order valence-corrected chi connectivity index (χ2v) is 9.74. The topological polar surface area (TPSA) is 81.7 Å². The van der Waals surface area contributed by atoms with Crippen LogP contribution >= 0.6 is 11.3 Å². The molecule has 8 heteroatoms. The Kier molecular flexibility index (Phi) is 7.12. The van der Waals surface area contributed by atoms with E-state index < -0.39 is 15.1 Å². The Morgan fingerprint density at radius 3 is 2.47 bits per heavy atom. The highest BCUT2D eigenvalue weighted by Gasteiger charge is 2.30. The second-order valence-electron chi connectivity index (χ2n) is 6.63. The zero-order valence-electron chi connectivity index (χ0n) is 16.7. The van der Waals surface area contributed by atoms with E-state index in [9.17, 15) is 13.2 Å². The third-order valence-electron chi connectivity index (χ3n) is 4.47. The molecule has 3 aromatic rings. The van der Waals surface area contributed by atoms with Gasteiger partial charge in [0.2, 0.25) is 0 Å². The first-order chi connectivity index (χ1) is 14.4. The second kappa shape index (κ2) is 9.77. The molecule has 0 bridgehead atoms. The van der Waals surface area contributed by atoms with Crippen LogP contribution in [0.15, 0.2) is 70.9 Å². The average molecular weight is 446 g/mol. The number of amides is 1. The average Bonchev–Trinajstić information content (AvgIpc) is 3.26. The summed E-state index contributed by atoms with van der Waals surface area (Å²) in [5.41, 5.74) is 1.02. The van der Waals surface area contributed by atoms with Crippen LogP contribution in [0.4, 0.5) is 0 Å². The van der Waals surface area contributed by atoms with Gasteiger partial charge in [0.05, 0.1) is 12.0 Å². The van der Waals surface area contributed by atoms with Crippen molar-refractivity contribution >= 4 is 27.1 Å². The van der Waals surface area contributed by atoms with E-state index in [0.717, 1.165) is 5.56 Å². The van der Waals surface area contributed by atoms with Crippen LogP contribution in [0, 0.1) is 6.92 Å². The van der Waals surface area contributed by atoms with Crippen LogP contribution in [-0.2, 0) is 14.6 Å². The molecule has 0 aliphatic carbocycles. The molecule has 0 aliphatic rings. The smallest absolute Gasteiger partial charge is 0.257 e. The molecule has 1 amide bonds. The Hall–Kier alpha value is -2.84. The Morgan fingerprint density at radius 2 is 1.83 bits per heavy atom. The van der Waals surface area contributed by atoms with Crippen LogP contribution in [0.3, 0.4) is 0 Å². The number of ether oxygens (including phenoxy) is 2. The summed E-state index contributed by atoms with van der Waals surface area (Å²) in [6, 6.07) is 17.2. The molecule has 1 N–H and O–H groups in total. The largest absolute Gasteiger partial charge is 0.497 e. The number of hydrogen-bond acceptors (Lipinski definition) is 6. The highest BCUT2D eigenvalue weighted by molar-refractivity contribution is 7.91. The van der Waals surface area contributed by atoms with E-state index in [2.05, 4.69) is 5.32 Å². The van der Waals surface area contributed by atoms with Gasteiger partial charge in [-0.2, -0.15) is 0 Å². The van der Waals surface area contributed by atoms with Crippen LogP contribution < -0.4 is 14.8 Å². The highest BCUT2D eigenvalue weighted by Crippen LogP contribution is 2.32. The number of methoxy groups -OCH3 is 1. The minimum Gasteiger partial charge on any atom is -0.497 e. The van der Waals surface area contributed by atoms with E-state index in [1.165, 1.54) is 30.6 Å². The zero-order valence-corrected chi connectivity index (χ0v) is 18.3.